The van der Waals surface area contributed by atoms with Gasteiger partial charge in [-0.3, -0.25) is 4.79 Å². The Hall–Kier alpha value is -1.46. The molecule has 0 amide bonds. The van der Waals surface area contributed by atoms with Gasteiger partial charge in [-0.1, -0.05) is 26.2 Å². The molecule has 1 saturated heterocycles. The number of benzene rings is 1. The average Bonchev–Trinajstić information content (AvgIpc) is 3.44. The largest absolute Gasteiger partial charge is 0.482 e. The van der Waals surface area contributed by atoms with Gasteiger partial charge in [-0.15, -0.1) is 11.8 Å². The smallest absolute Gasteiger partial charge is 0.311 e. The van der Waals surface area contributed by atoms with Crippen LogP contribution in [-0.4, -0.2) is 41.9 Å². The van der Waals surface area contributed by atoms with E-state index in [-0.39, 0.29) is 11.6 Å². The van der Waals surface area contributed by atoms with Crippen LogP contribution in [0.3, 0.4) is 0 Å². The number of piperidine rings is 1. The van der Waals surface area contributed by atoms with Crippen molar-refractivity contribution < 1.29 is 14.3 Å². The normalized spacial score (nSPS) is 23.0. The summed E-state index contributed by atoms with van der Waals surface area (Å²) in [6.45, 7) is 9.96. The van der Waals surface area contributed by atoms with Gasteiger partial charge in [0.15, 0.2) is 0 Å². The molecule has 180 valence electrons. The summed E-state index contributed by atoms with van der Waals surface area (Å²) in [6.07, 6.45) is 10.2. The summed E-state index contributed by atoms with van der Waals surface area (Å²) in [5.41, 5.74) is 3.27. The third kappa shape index (κ3) is 5.30. The van der Waals surface area contributed by atoms with E-state index in [0.29, 0.717) is 12.3 Å². The van der Waals surface area contributed by atoms with Crippen molar-refractivity contribution in [1.29, 1.82) is 0 Å². The van der Waals surface area contributed by atoms with Crippen LogP contribution in [0.5, 0.6) is 11.5 Å². The Kier molecular flexibility index (Phi) is 6.81. The van der Waals surface area contributed by atoms with E-state index in [2.05, 4.69) is 37.8 Å². The van der Waals surface area contributed by atoms with Crippen molar-refractivity contribution in [3.63, 3.8) is 0 Å². The van der Waals surface area contributed by atoms with E-state index >= 15 is 0 Å². The summed E-state index contributed by atoms with van der Waals surface area (Å²) in [7, 11) is 0. The zero-order chi connectivity index (χ0) is 23.0. The first-order valence-corrected chi connectivity index (χ1v) is 14.1. The van der Waals surface area contributed by atoms with Crippen LogP contribution >= 0.6 is 11.8 Å². The molecule has 3 heterocycles. The second kappa shape index (κ2) is 9.65. The summed E-state index contributed by atoms with van der Waals surface area (Å²) in [5.74, 6) is 3.88. The second-order valence-electron chi connectivity index (χ2n) is 11.0. The molecule has 0 bridgehead atoms. The highest BCUT2D eigenvalue weighted by Gasteiger charge is 2.40. The first kappa shape index (κ1) is 23.3. The molecule has 5 heteroatoms. The summed E-state index contributed by atoms with van der Waals surface area (Å²) in [5, 5.41) is 0. The highest BCUT2D eigenvalue weighted by molar-refractivity contribution is 8.03. The van der Waals surface area contributed by atoms with Crippen molar-refractivity contribution in [2.24, 2.45) is 5.92 Å². The summed E-state index contributed by atoms with van der Waals surface area (Å²) < 4.78 is 12.7. The number of nitrogens with zero attached hydrogens (tertiary/aromatic N) is 1. The van der Waals surface area contributed by atoms with Crippen LogP contribution in [0.1, 0.15) is 95.6 Å². The van der Waals surface area contributed by atoms with Crippen molar-refractivity contribution in [2.45, 2.75) is 90.1 Å². The van der Waals surface area contributed by atoms with Gasteiger partial charge in [0.05, 0.1) is 5.56 Å². The second-order valence-corrected chi connectivity index (χ2v) is 12.1. The number of carbonyl (C=O) groups excluding carboxylic acids is 1. The molecule has 0 N–H and O–H groups in total. The molecule has 0 radical (unpaired) electrons. The fourth-order valence-electron chi connectivity index (χ4n) is 5.70. The van der Waals surface area contributed by atoms with Gasteiger partial charge >= 0.3 is 5.97 Å². The van der Waals surface area contributed by atoms with Gasteiger partial charge in [0.2, 0.25) is 0 Å². The number of hydrogen-bond donors (Lipinski definition) is 0. The number of carbonyl (C=O) groups is 1. The maximum atomic E-state index is 12.9. The molecule has 1 aromatic rings. The summed E-state index contributed by atoms with van der Waals surface area (Å²) >= 11 is 1.89. The molecule has 0 aromatic heterocycles. The maximum Gasteiger partial charge on any atom is 0.311 e. The molecular weight excluding hydrogens is 430 g/mol. The lowest BCUT2D eigenvalue weighted by Crippen LogP contribution is -2.33. The molecule has 1 saturated carbocycles. The van der Waals surface area contributed by atoms with Crippen LogP contribution in [0, 0.1) is 5.92 Å². The van der Waals surface area contributed by atoms with E-state index in [9.17, 15) is 4.79 Å². The van der Waals surface area contributed by atoms with E-state index in [1.54, 1.807) is 0 Å². The zero-order valence-electron chi connectivity index (χ0n) is 20.6. The minimum absolute atomic E-state index is 0.112. The predicted molar refractivity (Wildman–Crippen MR) is 136 cm³/mol. The highest BCUT2D eigenvalue weighted by Crippen LogP contribution is 2.54. The number of ether oxygens (including phenoxy) is 2. The Labute approximate surface area is 203 Å². The number of hydrogen-bond acceptors (Lipinski definition) is 5. The van der Waals surface area contributed by atoms with E-state index in [1.807, 2.05) is 11.8 Å². The topological polar surface area (TPSA) is 38.8 Å². The molecule has 5 rings (SSSR count). The lowest BCUT2D eigenvalue weighted by atomic mass is 9.88. The first-order valence-electron chi connectivity index (χ1n) is 13.1. The average molecular weight is 470 g/mol. The van der Waals surface area contributed by atoms with Gasteiger partial charge in [0, 0.05) is 17.1 Å². The van der Waals surface area contributed by atoms with Crippen molar-refractivity contribution in [2.75, 3.05) is 25.4 Å². The molecule has 3 aliphatic heterocycles. The van der Waals surface area contributed by atoms with Crippen molar-refractivity contribution >= 4 is 23.3 Å². The van der Waals surface area contributed by atoms with Crippen LogP contribution in [0.25, 0.3) is 5.57 Å². The van der Waals surface area contributed by atoms with Crippen LogP contribution in [0.15, 0.2) is 17.0 Å². The SMILES string of the molecule is CC(CC1CC1)c1cc(OC(=O)CCCN2CCCCC2)c2c(c1)OC(C)(C)C1=C2CCS1. The van der Waals surface area contributed by atoms with Crippen LogP contribution in [0.2, 0.25) is 0 Å². The van der Waals surface area contributed by atoms with Gasteiger partial charge in [-0.2, -0.15) is 0 Å². The molecule has 1 unspecified atom stereocenters. The van der Waals surface area contributed by atoms with Crippen LogP contribution in [-0.2, 0) is 4.79 Å². The van der Waals surface area contributed by atoms with Gasteiger partial charge in [0.25, 0.3) is 0 Å². The summed E-state index contributed by atoms with van der Waals surface area (Å²) in [6, 6.07) is 4.37. The maximum absolute atomic E-state index is 12.9. The van der Waals surface area contributed by atoms with Crippen molar-refractivity contribution in [3.8, 4) is 11.5 Å². The predicted octanol–water partition coefficient (Wildman–Crippen LogP) is 6.78. The Morgan fingerprint density at radius 3 is 2.79 bits per heavy atom. The summed E-state index contributed by atoms with van der Waals surface area (Å²) in [4.78, 5) is 16.7. The Morgan fingerprint density at radius 2 is 2.03 bits per heavy atom. The van der Waals surface area contributed by atoms with E-state index < -0.39 is 0 Å². The lowest BCUT2D eigenvalue weighted by Gasteiger charge is -2.35. The van der Waals surface area contributed by atoms with Crippen molar-refractivity contribution in [1.82, 2.24) is 4.90 Å². The quantitative estimate of drug-likeness (QED) is 0.310. The van der Waals surface area contributed by atoms with Gasteiger partial charge in [-0.05, 0) is 101 Å². The Balaban J connectivity index is 1.36. The van der Waals surface area contributed by atoms with Gasteiger partial charge in [0.1, 0.15) is 17.1 Å². The molecule has 4 nitrogen and oxygen atoms in total. The molecule has 4 aliphatic rings. The monoisotopic (exact) mass is 469 g/mol. The molecule has 1 aromatic carbocycles. The Morgan fingerprint density at radius 1 is 1.24 bits per heavy atom. The number of likely N-dealkylation sites (tertiary alicyclic amines) is 1. The van der Waals surface area contributed by atoms with Crippen LogP contribution < -0.4 is 9.47 Å². The molecular formula is C28H39NO3S. The zero-order valence-corrected chi connectivity index (χ0v) is 21.4. The molecule has 0 spiro atoms. The number of allylic oxidation sites excluding steroid dienone is 1. The number of fused-ring (bicyclic) bond motifs is 2. The fourth-order valence-corrected chi connectivity index (χ4v) is 6.98. The minimum atomic E-state index is -0.322. The highest BCUT2D eigenvalue weighted by atomic mass is 32.2. The standard InChI is InChI=1S/C28H39NO3S/c1-19(16-20-9-10-20)21-17-23(31-25(30)8-7-14-29-12-5-4-6-13-29)26-22-11-15-33-27(22)28(2,3)32-24(26)18-21/h17-20H,4-16H2,1-3H3. The third-order valence-electron chi connectivity index (χ3n) is 7.66. The van der Waals surface area contributed by atoms with Crippen LogP contribution in [0.4, 0.5) is 0 Å². The molecule has 1 atom stereocenters. The number of rotatable bonds is 8. The van der Waals surface area contributed by atoms with E-state index in [1.165, 1.54) is 67.7 Å². The fraction of sp³-hybridized carbons (Fsp3) is 0.679. The van der Waals surface area contributed by atoms with Gasteiger partial charge < -0.3 is 14.4 Å². The van der Waals surface area contributed by atoms with E-state index in [4.69, 9.17) is 9.47 Å². The number of esters is 1. The lowest BCUT2D eigenvalue weighted by molar-refractivity contribution is -0.134. The third-order valence-corrected chi connectivity index (χ3v) is 9.09. The Bertz CT molecular complexity index is 927. The molecule has 33 heavy (non-hydrogen) atoms. The molecule has 1 aliphatic carbocycles. The minimum Gasteiger partial charge on any atom is -0.482 e. The first-order chi connectivity index (χ1) is 15.9. The van der Waals surface area contributed by atoms with Crippen molar-refractivity contribution in [3.05, 3.63) is 28.2 Å². The van der Waals surface area contributed by atoms with E-state index in [0.717, 1.165) is 48.1 Å². The van der Waals surface area contributed by atoms with Gasteiger partial charge in [-0.25, -0.2) is 0 Å². The number of thioether (sulfide) groups is 1. The molecule has 2 fully saturated rings.